The monoisotopic (exact) mass is 253 g/mol. The Balaban J connectivity index is 0.00000108. The summed E-state index contributed by atoms with van der Waals surface area (Å²) in [6.45, 7) is 2.10. The van der Waals surface area contributed by atoms with Gasteiger partial charge in [-0.3, -0.25) is 0 Å². The van der Waals surface area contributed by atoms with E-state index in [9.17, 15) is 0 Å². The number of oxazole rings is 1. The molecule has 17 heavy (non-hydrogen) atoms. The van der Waals surface area contributed by atoms with Crippen molar-refractivity contribution in [2.45, 2.75) is 18.9 Å². The lowest BCUT2D eigenvalue weighted by atomic mass is 10.1. The van der Waals surface area contributed by atoms with Crippen molar-refractivity contribution in [1.82, 2.24) is 10.3 Å². The van der Waals surface area contributed by atoms with Gasteiger partial charge >= 0.3 is 0 Å². The first-order valence-electron chi connectivity index (χ1n) is 5.75. The third kappa shape index (κ3) is 2.70. The van der Waals surface area contributed by atoms with Crippen LogP contribution in [-0.4, -0.2) is 24.1 Å². The van der Waals surface area contributed by atoms with Crippen molar-refractivity contribution in [3.05, 3.63) is 24.3 Å². The van der Waals surface area contributed by atoms with E-state index in [0.29, 0.717) is 12.1 Å². The first kappa shape index (κ1) is 12.2. The van der Waals surface area contributed by atoms with Crippen molar-refractivity contribution in [3.63, 3.8) is 0 Å². The van der Waals surface area contributed by atoms with E-state index in [2.05, 4.69) is 15.6 Å². The van der Waals surface area contributed by atoms with Crippen LogP contribution in [0.4, 0.5) is 6.01 Å². The Labute approximate surface area is 106 Å². The lowest BCUT2D eigenvalue weighted by Gasteiger charge is -2.22. The van der Waals surface area contributed by atoms with Crippen LogP contribution in [-0.2, 0) is 0 Å². The van der Waals surface area contributed by atoms with Gasteiger partial charge in [-0.2, -0.15) is 4.98 Å². The van der Waals surface area contributed by atoms with E-state index in [1.165, 1.54) is 12.8 Å². The molecule has 2 N–H and O–H groups in total. The van der Waals surface area contributed by atoms with Gasteiger partial charge in [0.2, 0.25) is 0 Å². The van der Waals surface area contributed by atoms with E-state index < -0.39 is 0 Å². The number of fused-ring (bicyclic) bond motifs is 1. The number of hydrogen-bond donors (Lipinski definition) is 2. The van der Waals surface area contributed by atoms with Crippen LogP contribution >= 0.6 is 12.4 Å². The van der Waals surface area contributed by atoms with Gasteiger partial charge in [0, 0.05) is 12.6 Å². The van der Waals surface area contributed by atoms with Crippen LogP contribution in [0.3, 0.4) is 0 Å². The molecule has 2 aromatic rings. The number of nitrogens with one attached hydrogen (secondary N) is 2. The fraction of sp³-hybridized carbons (Fsp3) is 0.417. The van der Waals surface area contributed by atoms with Crippen LogP contribution in [0.5, 0.6) is 0 Å². The predicted octanol–water partition coefficient (Wildman–Crippen LogP) is 2.41. The van der Waals surface area contributed by atoms with E-state index in [-0.39, 0.29) is 12.4 Å². The fourth-order valence-corrected chi connectivity index (χ4v) is 2.08. The van der Waals surface area contributed by atoms with Crippen molar-refractivity contribution in [3.8, 4) is 0 Å². The molecule has 1 fully saturated rings. The van der Waals surface area contributed by atoms with Crippen molar-refractivity contribution < 1.29 is 4.42 Å². The Morgan fingerprint density at radius 1 is 1.35 bits per heavy atom. The average Bonchev–Trinajstić information content (AvgIpc) is 2.72. The van der Waals surface area contributed by atoms with Crippen molar-refractivity contribution >= 4 is 29.5 Å². The molecule has 4 nitrogen and oxygen atoms in total. The Bertz CT molecular complexity index is 446. The summed E-state index contributed by atoms with van der Waals surface area (Å²) < 4.78 is 5.62. The number of halogens is 1. The number of para-hydroxylation sites is 2. The number of benzene rings is 1. The van der Waals surface area contributed by atoms with E-state index in [1.54, 1.807) is 0 Å². The van der Waals surface area contributed by atoms with Gasteiger partial charge in [0.25, 0.3) is 6.01 Å². The van der Waals surface area contributed by atoms with E-state index in [4.69, 9.17) is 4.42 Å². The van der Waals surface area contributed by atoms with Gasteiger partial charge in [0.15, 0.2) is 5.58 Å². The largest absolute Gasteiger partial charge is 0.424 e. The standard InChI is InChI=1S/C12H15N3O.ClH/c1-2-6-11-10(5-1)15-12(16-11)14-9-4-3-7-13-8-9;/h1-2,5-6,9,13H,3-4,7-8H2,(H,14,15);1H/t9-;/m1./s1. The van der Waals surface area contributed by atoms with Crippen molar-refractivity contribution in [1.29, 1.82) is 0 Å². The van der Waals surface area contributed by atoms with Crippen LogP contribution in [0.15, 0.2) is 28.7 Å². The third-order valence-electron chi connectivity index (χ3n) is 2.92. The second-order valence-corrected chi connectivity index (χ2v) is 4.17. The quantitative estimate of drug-likeness (QED) is 0.863. The molecule has 92 valence electrons. The van der Waals surface area contributed by atoms with Crippen molar-refractivity contribution in [2.75, 3.05) is 18.4 Å². The van der Waals surface area contributed by atoms with Crippen LogP contribution in [0.1, 0.15) is 12.8 Å². The molecular formula is C12H16ClN3O. The first-order chi connectivity index (χ1) is 7.92. The average molecular weight is 254 g/mol. The summed E-state index contributed by atoms with van der Waals surface area (Å²) in [6.07, 6.45) is 2.38. The molecule has 0 spiro atoms. The summed E-state index contributed by atoms with van der Waals surface area (Å²) in [5.74, 6) is 0. The summed E-state index contributed by atoms with van der Waals surface area (Å²) in [5.41, 5.74) is 1.75. The zero-order valence-corrected chi connectivity index (χ0v) is 10.3. The first-order valence-corrected chi connectivity index (χ1v) is 5.75. The molecule has 0 bridgehead atoms. The number of hydrogen-bond acceptors (Lipinski definition) is 4. The molecule has 1 atom stereocenters. The summed E-state index contributed by atoms with van der Waals surface area (Å²) >= 11 is 0. The Morgan fingerprint density at radius 3 is 3.00 bits per heavy atom. The summed E-state index contributed by atoms with van der Waals surface area (Å²) in [4.78, 5) is 4.40. The molecule has 1 aliphatic rings. The molecule has 0 saturated carbocycles. The highest BCUT2D eigenvalue weighted by atomic mass is 35.5. The van der Waals surface area contributed by atoms with Crippen LogP contribution in [0.2, 0.25) is 0 Å². The summed E-state index contributed by atoms with van der Waals surface area (Å²) in [5, 5.41) is 6.69. The molecule has 0 radical (unpaired) electrons. The molecule has 1 aromatic carbocycles. The molecule has 3 rings (SSSR count). The Kier molecular flexibility index (Phi) is 3.86. The lowest BCUT2D eigenvalue weighted by Crippen LogP contribution is -2.38. The minimum absolute atomic E-state index is 0. The number of aromatic nitrogens is 1. The van der Waals surface area contributed by atoms with Gasteiger partial charge in [-0.15, -0.1) is 12.4 Å². The van der Waals surface area contributed by atoms with Crippen molar-refractivity contribution in [2.24, 2.45) is 0 Å². The topological polar surface area (TPSA) is 50.1 Å². The summed E-state index contributed by atoms with van der Waals surface area (Å²) in [7, 11) is 0. The molecule has 0 amide bonds. The maximum atomic E-state index is 5.62. The van der Waals surface area contributed by atoms with Gasteiger partial charge in [-0.1, -0.05) is 12.1 Å². The number of nitrogens with zero attached hydrogens (tertiary/aromatic N) is 1. The Hall–Kier alpha value is -1.26. The molecule has 1 aromatic heterocycles. The number of anilines is 1. The molecule has 5 heteroatoms. The minimum Gasteiger partial charge on any atom is -0.424 e. The van der Waals surface area contributed by atoms with Gasteiger partial charge in [-0.25, -0.2) is 0 Å². The predicted molar refractivity (Wildman–Crippen MR) is 70.8 cm³/mol. The van der Waals surface area contributed by atoms with Crippen LogP contribution in [0.25, 0.3) is 11.1 Å². The third-order valence-corrected chi connectivity index (χ3v) is 2.92. The summed E-state index contributed by atoms with van der Waals surface area (Å²) in [6, 6.07) is 8.89. The zero-order valence-electron chi connectivity index (χ0n) is 9.48. The Morgan fingerprint density at radius 2 is 2.24 bits per heavy atom. The zero-order chi connectivity index (χ0) is 10.8. The molecular weight excluding hydrogens is 238 g/mol. The number of piperidine rings is 1. The highest BCUT2D eigenvalue weighted by Crippen LogP contribution is 2.19. The van der Waals surface area contributed by atoms with Gasteiger partial charge < -0.3 is 15.1 Å². The van der Waals surface area contributed by atoms with Gasteiger partial charge in [0.05, 0.1) is 0 Å². The lowest BCUT2D eigenvalue weighted by molar-refractivity contribution is 0.467. The molecule has 2 heterocycles. The molecule has 0 aliphatic carbocycles. The smallest absolute Gasteiger partial charge is 0.295 e. The normalized spacial score (nSPS) is 19.9. The fourth-order valence-electron chi connectivity index (χ4n) is 2.08. The second-order valence-electron chi connectivity index (χ2n) is 4.17. The van der Waals surface area contributed by atoms with E-state index in [1.807, 2.05) is 24.3 Å². The molecule has 1 saturated heterocycles. The van der Waals surface area contributed by atoms with E-state index >= 15 is 0 Å². The minimum atomic E-state index is 0. The maximum absolute atomic E-state index is 5.62. The number of rotatable bonds is 2. The molecule has 1 aliphatic heterocycles. The van der Waals surface area contributed by atoms with Gasteiger partial charge in [0.1, 0.15) is 5.52 Å². The van der Waals surface area contributed by atoms with E-state index in [0.717, 1.165) is 24.2 Å². The van der Waals surface area contributed by atoms with Crippen LogP contribution < -0.4 is 10.6 Å². The maximum Gasteiger partial charge on any atom is 0.295 e. The molecule has 0 unspecified atom stereocenters. The second kappa shape index (κ2) is 5.38. The highest BCUT2D eigenvalue weighted by Gasteiger charge is 2.15. The van der Waals surface area contributed by atoms with Gasteiger partial charge in [-0.05, 0) is 31.5 Å². The SMILES string of the molecule is Cl.c1ccc2oc(N[C@@H]3CCCNC3)nc2c1. The highest BCUT2D eigenvalue weighted by molar-refractivity contribution is 5.85. The van der Waals surface area contributed by atoms with Crippen LogP contribution in [0, 0.1) is 0 Å².